The molecule has 0 aliphatic rings. The molecule has 1 rings (SSSR count). The summed E-state index contributed by atoms with van der Waals surface area (Å²) in [7, 11) is 4.64. The summed E-state index contributed by atoms with van der Waals surface area (Å²) in [5.74, 6) is -0.249. The lowest BCUT2D eigenvalue weighted by Crippen LogP contribution is -2.24. The summed E-state index contributed by atoms with van der Waals surface area (Å²) >= 11 is 0. The summed E-state index contributed by atoms with van der Waals surface area (Å²) < 4.78 is 37.9. The number of amides is 1. The van der Waals surface area contributed by atoms with Crippen LogP contribution in [0.15, 0.2) is 6.07 Å². The van der Waals surface area contributed by atoms with Crippen LogP contribution < -0.4 is 10.6 Å². The van der Waals surface area contributed by atoms with Crippen LogP contribution in [0, 0.1) is 0 Å². The first kappa shape index (κ1) is 16.0. The van der Waals surface area contributed by atoms with Gasteiger partial charge in [-0.1, -0.05) is 0 Å². The van der Waals surface area contributed by atoms with Crippen molar-refractivity contribution >= 4 is 17.7 Å². The second-order valence-electron chi connectivity index (χ2n) is 4.17. The van der Waals surface area contributed by atoms with Crippen molar-refractivity contribution < 1.29 is 18.0 Å². The van der Waals surface area contributed by atoms with Crippen molar-refractivity contribution in [3.05, 3.63) is 11.8 Å². The van der Waals surface area contributed by atoms with E-state index in [1.54, 1.807) is 14.1 Å². The fourth-order valence-corrected chi connectivity index (χ4v) is 1.32. The third-order valence-electron chi connectivity index (χ3n) is 2.38. The van der Waals surface area contributed by atoms with Crippen molar-refractivity contribution in [3.63, 3.8) is 0 Å². The molecule has 0 saturated carbocycles. The Morgan fingerprint density at radius 2 is 2.00 bits per heavy atom. The van der Waals surface area contributed by atoms with Gasteiger partial charge in [0, 0.05) is 40.2 Å². The average Bonchev–Trinajstić information content (AvgIpc) is 2.37. The quantitative estimate of drug-likeness (QED) is 0.859. The number of nitrogens with one attached hydrogen (secondary N) is 2. The van der Waals surface area contributed by atoms with E-state index in [0.29, 0.717) is 0 Å². The Balaban J connectivity index is 2.77. The molecule has 112 valence electrons. The molecule has 0 aliphatic heterocycles. The van der Waals surface area contributed by atoms with Crippen LogP contribution in [0.25, 0.3) is 0 Å². The molecule has 0 saturated heterocycles. The van der Waals surface area contributed by atoms with Crippen molar-refractivity contribution in [2.75, 3.05) is 38.3 Å². The van der Waals surface area contributed by atoms with Gasteiger partial charge in [-0.15, -0.1) is 0 Å². The van der Waals surface area contributed by atoms with Gasteiger partial charge in [-0.3, -0.25) is 4.79 Å². The Kier molecular flexibility index (Phi) is 5.12. The van der Waals surface area contributed by atoms with Gasteiger partial charge in [0.15, 0.2) is 5.69 Å². The van der Waals surface area contributed by atoms with E-state index in [1.165, 1.54) is 11.9 Å². The van der Waals surface area contributed by atoms with Crippen LogP contribution in [0.3, 0.4) is 0 Å². The highest BCUT2D eigenvalue weighted by molar-refractivity contribution is 5.76. The molecule has 0 atom stereocenters. The fraction of sp³-hybridized carbons (Fsp3) is 0.545. The lowest BCUT2D eigenvalue weighted by atomic mass is 10.3. The van der Waals surface area contributed by atoms with E-state index in [-0.39, 0.29) is 30.6 Å². The zero-order chi connectivity index (χ0) is 15.3. The van der Waals surface area contributed by atoms with Gasteiger partial charge in [0.1, 0.15) is 5.82 Å². The molecular formula is C11H16F3N5O. The molecule has 1 heterocycles. The summed E-state index contributed by atoms with van der Waals surface area (Å²) in [5, 5.41) is 5.14. The van der Waals surface area contributed by atoms with Crippen molar-refractivity contribution in [2.24, 2.45) is 0 Å². The van der Waals surface area contributed by atoms with Gasteiger partial charge >= 0.3 is 6.18 Å². The number of rotatable bonds is 5. The van der Waals surface area contributed by atoms with E-state index in [9.17, 15) is 18.0 Å². The maximum Gasteiger partial charge on any atom is 0.433 e. The van der Waals surface area contributed by atoms with E-state index in [2.05, 4.69) is 20.6 Å². The summed E-state index contributed by atoms with van der Waals surface area (Å²) in [5.41, 5.74) is -1.04. The summed E-state index contributed by atoms with van der Waals surface area (Å²) in [4.78, 5) is 19.9. The summed E-state index contributed by atoms with van der Waals surface area (Å²) in [6, 6.07) is 0.807. The Bertz CT molecular complexity index is 476. The molecule has 0 bridgehead atoms. The summed E-state index contributed by atoms with van der Waals surface area (Å²) in [6.07, 6.45) is -4.39. The molecule has 0 aliphatic carbocycles. The first-order valence-electron chi connectivity index (χ1n) is 5.82. The van der Waals surface area contributed by atoms with E-state index >= 15 is 0 Å². The van der Waals surface area contributed by atoms with Crippen molar-refractivity contribution in [1.82, 2.24) is 14.9 Å². The van der Waals surface area contributed by atoms with Crippen molar-refractivity contribution in [3.8, 4) is 0 Å². The van der Waals surface area contributed by atoms with E-state index in [0.717, 1.165) is 6.07 Å². The minimum absolute atomic E-state index is 0.0169. The third kappa shape index (κ3) is 4.56. The molecule has 0 fully saturated rings. The zero-order valence-corrected chi connectivity index (χ0v) is 11.4. The number of hydrogen-bond acceptors (Lipinski definition) is 5. The second-order valence-corrected chi connectivity index (χ2v) is 4.17. The Morgan fingerprint density at radius 1 is 1.35 bits per heavy atom. The smallest absolute Gasteiger partial charge is 0.369 e. The molecule has 9 heteroatoms. The van der Waals surface area contributed by atoms with Crippen LogP contribution in [0.5, 0.6) is 0 Å². The van der Waals surface area contributed by atoms with Crippen LogP contribution in [0.2, 0.25) is 0 Å². The molecule has 0 spiro atoms. The number of anilines is 2. The fourth-order valence-electron chi connectivity index (χ4n) is 1.32. The predicted molar refractivity (Wildman–Crippen MR) is 68.4 cm³/mol. The first-order chi connectivity index (χ1) is 9.24. The number of alkyl halides is 3. The van der Waals surface area contributed by atoms with Crippen LogP contribution in [-0.4, -0.2) is 48.5 Å². The van der Waals surface area contributed by atoms with Crippen LogP contribution in [0.1, 0.15) is 12.1 Å². The number of hydrogen-bond donors (Lipinski definition) is 2. The van der Waals surface area contributed by atoms with Crippen LogP contribution in [0.4, 0.5) is 24.9 Å². The van der Waals surface area contributed by atoms with E-state index in [1.807, 2.05) is 0 Å². The lowest BCUT2D eigenvalue weighted by molar-refractivity contribution is -0.141. The van der Waals surface area contributed by atoms with Gasteiger partial charge in [0.05, 0.1) is 0 Å². The molecule has 0 radical (unpaired) electrons. The number of halogens is 3. The van der Waals surface area contributed by atoms with Gasteiger partial charge in [-0.05, 0) is 0 Å². The van der Waals surface area contributed by atoms with Crippen molar-refractivity contribution in [2.45, 2.75) is 12.6 Å². The van der Waals surface area contributed by atoms with Gasteiger partial charge in [0.2, 0.25) is 11.9 Å². The van der Waals surface area contributed by atoms with Gasteiger partial charge < -0.3 is 15.5 Å². The number of carbonyl (C=O) groups is 1. The Hall–Kier alpha value is -2.06. The number of aromatic nitrogens is 2. The molecule has 0 aromatic carbocycles. The Labute approximate surface area is 114 Å². The first-order valence-corrected chi connectivity index (χ1v) is 5.82. The highest BCUT2D eigenvalue weighted by Gasteiger charge is 2.33. The lowest BCUT2D eigenvalue weighted by Gasteiger charge is -2.13. The molecule has 6 nitrogen and oxygen atoms in total. The maximum absolute atomic E-state index is 12.6. The standard InChI is InChI=1S/C11H16F3N5O/c1-15-10-17-7(11(12,13)14)6-8(18-10)16-5-4-9(20)19(2)3/h6H,4-5H2,1-3H3,(H2,15,16,17,18). The molecule has 20 heavy (non-hydrogen) atoms. The Morgan fingerprint density at radius 3 is 2.50 bits per heavy atom. The SMILES string of the molecule is CNc1nc(NCCC(=O)N(C)C)cc(C(F)(F)F)n1. The second kappa shape index (κ2) is 6.40. The summed E-state index contributed by atoms with van der Waals surface area (Å²) in [6.45, 7) is 0.189. The molecule has 1 aromatic heterocycles. The van der Waals surface area contributed by atoms with Crippen LogP contribution in [-0.2, 0) is 11.0 Å². The largest absolute Gasteiger partial charge is 0.433 e. The van der Waals surface area contributed by atoms with Gasteiger partial charge in [-0.2, -0.15) is 18.2 Å². The average molecular weight is 291 g/mol. The molecule has 1 aromatic rings. The molecule has 0 unspecified atom stereocenters. The monoisotopic (exact) mass is 291 g/mol. The third-order valence-corrected chi connectivity index (χ3v) is 2.38. The minimum atomic E-state index is -4.55. The van der Waals surface area contributed by atoms with Crippen molar-refractivity contribution in [1.29, 1.82) is 0 Å². The normalized spacial score (nSPS) is 11.1. The maximum atomic E-state index is 12.6. The number of nitrogens with zero attached hydrogens (tertiary/aromatic N) is 3. The predicted octanol–water partition coefficient (Wildman–Crippen LogP) is 1.43. The topological polar surface area (TPSA) is 70.2 Å². The number of carbonyl (C=O) groups excluding carboxylic acids is 1. The highest BCUT2D eigenvalue weighted by Crippen LogP contribution is 2.29. The molecule has 2 N–H and O–H groups in total. The van der Waals surface area contributed by atoms with Gasteiger partial charge in [0.25, 0.3) is 0 Å². The zero-order valence-electron chi connectivity index (χ0n) is 11.4. The highest BCUT2D eigenvalue weighted by atomic mass is 19.4. The minimum Gasteiger partial charge on any atom is -0.369 e. The van der Waals surface area contributed by atoms with Gasteiger partial charge in [-0.25, -0.2) is 4.98 Å². The van der Waals surface area contributed by atoms with Crippen LogP contribution >= 0.6 is 0 Å². The molecular weight excluding hydrogens is 275 g/mol. The van der Waals surface area contributed by atoms with E-state index in [4.69, 9.17) is 0 Å². The molecule has 1 amide bonds. The van der Waals surface area contributed by atoms with E-state index < -0.39 is 11.9 Å².